The second-order valence-corrected chi connectivity index (χ2v) is 9.44. The number of ether oxygens (including phenoxy) is 2. The van der Waals surface area contributed by atoms with Crippen LogP contribution < -0.4 is 9.47 Å². The highest BCUT2D eigenvalue weighted by Gasteiger charge is 2.33. The van der Waals surface area contributed by atoms with Gasteiger partial charge < -0.3 is 19.1 Å². The Hall–Kier alpha value is -3.53. The molecule has 1 fully saturated rings. The molecule has 1 aliphatic heterocycles. The van der Waals surface area contributed by atoms with E-state index in [-0.39, 0.29) is 22.8 Å². The van der Waals surface area contributed by atoms with Crippen molar-refractivity contribution in [1.82, 2.24) is 10.1 Å². The fraction of sp³-hybridized carbons (Fsp3) is 0.407. The van der Waals surface area contributed by atoms with Crippen LogP contribution in [0.5, 0.6) is 11.5 Å². The number of hydrogen-bond acceptors (Lipinski definition) is 6. The minimum atomic E-state index is -4.82. The molecular formula is C27H29F3N2O5. The number of hydrogen-bond donors (Lipinski definition) is 1. The lowest BCUT2D eigenvalue weighted by Gasteiger charge is -2.32. The number of carbonyl (C=O) groups is 1. The quantitative estimate of drug-likeness (QED) is 0.353. The van der Waals surface area contributed by atoms with E-state index in [1.54, 1.807) is 24.3 Å². The molecule has 0 bridgehead atoms. The van der Waals surface area contributed by atoms with Crippen molar-refractivity contribution in [3.8, 4) is 22.8 Å². The number of benzene rings is 2. The number of halogens is 3. The number of aromatic nitrogens is 1. The van der Waals surface area contributed by atoms with Crippen LogP contribution in [0, 0.1) is 5.92 Å². The average Bonchev–Trinajstić information content (AvgIpc) is 3.26. The summed E-state index contributed by atoms with van der Waals surface area (Å²) in [5.41, 5.74) is 1.53. The zero-order chi connectivity index (χ0) is 26.6. The third-order valence-electron chi connectivity index (χ3n) is 6.37. The first-order valence-electron chi connectivity index (χ1n) is 12.1. The van der Waals surface area contributed by atoms with Gasteiger partial charge in [-0.3, -0.25) is 4.90 Å². The lowest BCUT2D eigenvalue weighted by molar-refractivity contribution is -0.274. The molecule has 0 unspecified atom stereocenters. The topological polar surface area (TPSA) is 85.0 Å². The molecule has 2 heterocycles. The maximum absolute atomic E-state index is 13.0. The minimum absolute atomic E-state index is 0.000508. The van der Waals surface area contributed by atoms with Gasteiger partial charge in [0.1, 0.15) is 23.0 Å². The molecular weight excluding hydrogens is 489 g/mol. The standard InChI is InChI=1S/C27H29F3N2O5/c1-17(2)25-22(24(31-37-25)21-8-3-4-9-23(21)36-27(28,29)30)15-32-12-10-18(11-13-32)16-35-20-7-5-6-19(14-20)26(33)34/h3-9,14,17-18H,10-13,15-16H2,1-2H3,(H,33,34). The van der Waals surface area contributed by atoms with E-state index in [0.29, 0.717) is 36.3 Å². The molecule has 4 rings (SSSR count). The first kappa shape index (κ1) is 26.5. The van der Waals surface area contributed by atoms with Crippen LogP contribution in [0.15, 0.2) is 53.1 Å². The third kappa shape index (κ3) is 6.82. The van der Waals surface area contributed by atoms with Crippen molar-refractivity contribution in [3.63, 3.8) is 0 Å². The van der Waals surface area contributed by atoms with E-state index in [1.807, 2.05) is 13.8 Å². The van der Waals surface area contributed by atoms with Crippen molar-refractivity contribution in [2.45, 2.75) is 45.5 Å². The Labute approximate surface area is 212 Å². The summed E-state index contributed by atoms with van der Waals surface area (Å²) < 4.78 is 54.7. The van der Waals surface area contributed by atoms with Gasteiger partial charge in [-0.1, -0.05) is 37.2 Å². The van der Waals surface area contributed by atoms with Crippen LogP contribution in [-0.4, -0.2) is 47.2 Å². The third-order valence-corrected chi connectivity index (χ3v) is 6.37. The van der Waals surface area contributed by atoms with Gasteiger partial charge in [-0.05, 0) is 62.2 Å². The predicted molar refractivity (Wildman–Crippen MR) is 130 cm³/mol. The molecule has 1 aliphatic rings. The Morgan fingerprint density at radius 3 is 2.57 bits per heavy atom. The van der Waals surface area contributed by atoms with Crippen molar-refractivity contribution in [2.24, 2.45) is 5.92 Å². The molecule has 2 aromatic carbocycles. The van der Waals surface area contributed by atoms with E-state index in [1.165, 1.54) is 24.3 Å². The molecule has 1 saturated heterocycles. The van der Waals surface area contributed by atoms with Gasteiger partial charge in [-0.2, -0.15) is 0 Å². The van der Waals surface area contributed by atoms with E-state index in [0.717, 1.165) is 31.5 Å². The number of nitrogens with zero attached hydrogens (tertiary/aromatic N) is 2. The average molecular weight is 519 g/mol. The van der Waals surface area contributed by atoms with Gasteiger partial charge in [0.15, 0.2) is 0 Å². The Kier molecular flexibility index (Phi) is 8.06. The lowest BCUT2D eigenvalue weighted by atomic mass is 9.95. The van der Waals surface area contributed by atoms with E-state index < -0.39 is 12.3 Å². The predicted octanol–water partition coefficient (Wildman–Crippen LogP) is 6.35. The zero-order valence-electron chi connectivity index (χ0n) is 20.6. The van der Waals surface area contributed by atoms with Gasteiger partial charge in [0.05, 0.1) is 12.2 Å². The number of rotatable bonds is 9. The number of para-hydroxylation sites is 1. The molecule has 0 atom stereocenters. The summed E-state index contributed by atoms with van der Waals surface area (Å²) in [5, 5.41) is 13.3. The molecule has 1 aromatic heterocycles. The van der Waals surface area contributed by atoms with Gasteiger partial charge in [-0.25, -0.2) is 4.79 Å². The summed E-state index contributed by atoms with van der Waals surface area (Å²) >= 11 is 0. The van der Waals surface area contributed by atoms with E-state index in [9.17, 15) is 18.0 Å². The van der Waals surface area contributed by atoms with Crippen LogP contribution in [0.1, 0.15) is 54.3 Å². The van der Waals surface area contributed by atoms with Crippen LogP contribution in [0.25, 0.3) is 11.3 Å². The zero-order valence-corrected chi connectivity index (χ0v) is 20.6. The second-order valence-electron chi connectivity index (χ2n) is 9.44. The van der Waals surface area contributed by atoms with Crippen LogP contribution in [-0.2, 0) is 6.54 Å². The normalized spacial score (nSPS) is 15.2. The van der Waals surface area contributed by atoms with Crippen molar-refractivity contribution in [1.29, 1.82) is 0 Å². The molecule has 1 N–H and O–H groups in total. The number of carboxylic acids is 1. The number of carboxylic acid groups (broad SMARTS) is 1. The Morgan fingerprint density at radius 1 is 1.16 bits per heavy atom. The van der Waals surface area contributed by atoms with Gasteiger partial charge in [0.2, 0.25) is 0 Å². The van der Waals surface area contributed by atoms with Gasteiger partial charge >= 0.3 is 12.3 Å². The van der Waals surface area contributed by atoms with E-state index in [2.05, 4.69) is 14.8 Å². The van der Waals surface area contributed by atoms with Crippen molar-refractivity contribution in [2.75, 3.05) is 19.7 Å². The van der Waals surface area contributed by atoms with Crippen LogP contribution in [0.2, 0.25) is 0 Å². The lowest BCUT2D eigenvalue weighted by Crippen LogP contribution is -2.35. The largest absolute Gasteiger partial charge is 0.573 e. The van der Waals surface area contributed by atoms with Crippen LogP contribution in [0.4, 0.5) is 13.2 Å². The molecule has 0 radical (unpaired) electrons. The summed E-state index contributed by atoms with van der Waals surface area (Å²) in [6.07, 6.45) is -3.09. The van der Waals surface area contributed by atoms with E-state index >= 15 is 0 Å². The highest BCUT2D eigenvalue weighted by atomic mass is 19.4. The first-order chi connectivity index (χ1) is 17.6. The second kappa shape index (κ2) is 11.2. The number of likely N-dealkylation sites (tertiary alicyclic amines) is 1. The number of alkyl halides is 3. The highest BCUT2D eigenvalue weighted by molar-refractivity contribution is 5.88. The van der Waals surface area contributed by atoms with Crippen molar-refractivity contribution >= 4 is 5.97 Å². The van der Waals surface area contributed by atoms with Gasteiger partial charge in [0.25, 0.3) is 0 Å². The molecule has 7 nitrogen and oxygen atoms in total. The van der Waals surface area contributed by atoms with Crippen LogP contribution in [0.3, 0.4) is 0 Å². The molecule has 10 heteroatoms. The molecule has 198 valence electrons. The monoisotopic (exact) mass is 518 g/mol. The SMILES string of the molecule is CC(C)c1onc(-c2ccccc2OC(F)(F)F)c1CN1CCC(COc2cccc(C(=O)O)c2)CC1. The Morgan fingerprint density at radius 2 is 1.89 bits per heavy atom. The van der Waals surface area contributed by atoms with Gasteiger partial charge in [-0.15, -0.1) is 13.2 Å². The summed E-state index contributed by atoms with van der Waals surface area (Å²) in [5.74, 6) is 0.151. The maximum Gasteiger partial charge on any atom is 0.573 e. The van der Waals surface area contributed by atoms with Crippen molar-refractivity contribution < 1.29 is 37.1 Å². The van der Waals surface area contributed by atoms with Gasteiger partial charge in [0, 0.05) is 23.6 Å². The summed E-state index contributed by atoms with van der Waals surface area (Å²) in [7, 11) is 0. The highest BCUT2D eigenvalue weighted by Crippen LogP contribution is 2.38. The Balaban J connectivity index is 1.43. The van der Waals surface area contributed by atoms with E-state index in [4.69, 9.17) is 14.4 Å². The molecule has 37 heavy (non-hydrogen) atoms. The Bertz CT molecular complexity index is 1220. The first-order valence-corrected chi connectivity index (χ1v) is 12.1. The summed E-state index contributed by atoms with van der Waals surface area (Å²) in [4.78, 5) is 13.4. The number of aromatic carboxylic acids is 1. The summed E-state index contributed by atoms with van der Waals surface area (Å²) in [6, 6.07) is 12.4. The maximum atomic E-state index is 13.0. The molecule has 3 aromatic rings. The number of piperidine rings is 1. The minimum Gasteiger partial charge on any atom is -0.493 e. The smallest absolute Gasteiger partial charge is 0.493 e. The molecule has 0 spiro atoms. The molecule has 0 aliphatic carbocycles. The van der Waals surface area contributed by atoms with Crippen molar-refractivity contribution in [3.05, 3.63) is 65.4 Å². The fourth-order valence-electron chi connectivity index (χ4n) is 4.48. The molecule has 0 amide bonds. The summed E-state index contributed by atoms with van der Waals surface area (Å²) in [6.45, 7) is 6.41. The molecule has 0 saturated carbocycles. The fourth-order valence-corrected chi connectivity index (χ4v) is 4.48. The van der Waals surface area contributed by atoms with Crippen LogP contribution >= 0.6 is 0 Å².